The quantitative estimate of drug-likeness (QED) is 0.525. The molecule has 0 saturated heterocycles. The Balaban J connectivity index is 0.000000364. The molecule has 0 unspecified atom stereocenters. The van der Waals surface area contributed by atoms with Crippen molar-refractivity contribution in [1.82, 2.24) is 10.6 Å². The summed E-state index contributed by atoms with van der Waals surface area (Å²) in [5, 5.41) is 7.09. The summed E-state index contributed by atoms with van der Waals surface area (Å²) in [6, 6.07) is 0. The van der Waals surface area contributed by atoms with E-state index in [-0.39, 0.29) is 45.2 Å². The second kappa shape index (κ2) is 7.16. The van der Waals surface area contributed by atoms with Crippen LogP contribution in [0.1, 0.15) is 68.2 Å². The number of rotatable bonds is 0. The smallest absolute Gasteiger partial charge is 0.0311 e. The molecule has 0 saturated carbocycles. The first-order valence-corrected chi connectivity index (χ1v) is 7.77. The summed E-state index contributed by atoms with van der Waals surface area (Å²) >= 11 is 0. The molecule has 0 fully saturated rings. The van der Waals surface area contributed by atoms with Crippen molar-refractivity contribution in [2.45, 2.75) is 90.4 Å². The van der Waals surface area contributed by atoms with Gasteiger partial charge in [-0.2, -0.15) is 0 Å². The molecule has 118 valence electrons. The maximum absolute atomic E-state index is 3.55. The number of hydrogen-bond donors (Lipinski definition) is 2. The van der Waals surface area contributed by atoms with E-state index in [2.05, 4.69) is 90.3 Å². The van der Waals surface area contributed by atoms with Crippen molar-refractivity contribution in [3.63, 3.8) is 0 Å². The van der Waals surface area contributed by atoms with Crippen LogP contribution in [0.2, 0.25) is 0 Å². The average Bonchev–Trinajstić information content (AvgIpc) is 2.09. The lowest BCUT2D eigenvalue weighted by Gasteiger charge is -2.38. The van der Waals surface area contributed by atoms with Crippen LogP contribution in [0.25, 0.3) is 0 Å². The lowest BCUT2D eigenvalue weighted by atomic mass is 9.89. The van der Waals surface area contributed by atoms with Crippen LogP contribution in [0.3, 0.4) is 0 Å². The highest BCUT2D eigenvalue weighted by molar-refractivity contribution is 5.75. The molecule has 0 atom stereocenters. The zero-order chi connectivity index (χ0) is 15.7. The number of nitrogens with one attached hydrogen (secondary N) is 2. The van der Waals surface area contributed by atoms with Gasteiger partial charge in [-0.1, -0.05) is 24.3 Å². The Labute approximate surface area is 148 Å². The van der Waals surface area contributed by atoms with Crippen LogP contribution in [-0.2, 0) is 0 Å². The van der Waals surface area contributed by atoms with E-state index in [4.69, 9.17) is 0 Å². The molecule has 2 nitrogen and oxygen atoms in total. The summed E-state index contributed by atoms with van der Waals surface area (Å²) in [7, 11) is 0. The maximum Gasteiger partial charge on any atom is 0.0311 e. The van der Waals surface area contributed by atoms with Crippen LogP contribution in [-0.4, -0.2) is 45.2 Å². The molecule has 0 aromatic rings. The van der Waals surface area contributed by atoms with Gasteiger partial charge < -0.3 is 10.6 Å². The van der Waals surface area contributed by atoms with Gasteiger partial charge in [-0.25, -0.2) is 0 Å². The van der Waals surface area contributed by atoms with Crippen LogP contribution in [0, 0.1) is 0 Å². The van der Waals surface area contributed by atoms with E-state index in [9.17, 15) is 0 Å². The van der Waals surface area contributed by atoms with Gasteiger partial charge in [-0.05, 0) is 68.2 Å². The van der Waals surface area contributed by atoms with Gasteiger partial charge in [0.15, 0.2) is 0 Å². The van der Waals surface area contributed by atoms with E-state index in [0.717, 1.165) is 12.8 Å². The first-order valence-electron chi connectivity index (χ1n) is 7.77. The van der Waals surface area contributed by atoms with E-state index in [1.165, 1.54) is 0 Å². The molecule has 0 aliphatic carbocycles. The van der Waals surface area contributed by atoms with Crippen molar-refractivity contribution in [2.24, 2.45) is 0 Å². The molecule has 0 aromatic carbocycles. The van der Waals surface area contributed by atoms with Gasteiger partial charge in [-0.3, -0.25) is 0 Å². The lowest BCUT2D eigenvalue weighted by Crippen LogP contribution is -2.52. The summed E-state index contributed by atoms with van der Waals surface area (Å²) in [6.07, 6.45) is 11.3. The Morgan fingerprint density at radius 1 is 0.619 bits per heavy atom. The second-order valence-electron chi connectivity index (χ2n) is 8.67. The summed E-state index contributed by atoms with van der Waals surface area (Å²) in [6.45, 7) is 17.7. The highest BCUT2D eigenvalue weighted by Crippen LogP contribution is 2.22. The molecule has 3 heteroatoms. The third kappa shape index (κ3) is 8.39. The molecule has 2 N–H and O–H groups in total. The normalized spacial score (nSPS) is 27.0. The minimum Gasteiger partial charge on any atom is -0.303 e. The van der Waals surface area contributed by atoms with E-state index < -0.39 is 0 Å². The molecule has 0 spiro atoms. The molecule has 2 aliphatic rings. The summed E-state index contributed by atoms with van der Waals surface area (Å²) in [5.74, 6) is 0. The Bertz CT molecular complexity index is 352. The molecular formula is C18H34MgN2. The summed E-state index contributed by atoms with van der Waals surface area (Å²) in [4.78, 5) is 0. The largest absolute Gasteiger partial charge is 0.303 e. The van der Waals surface area contributed by atoms with Crippen molar-refractivity contribution < 1.29 is 0 Å². The monoisotopic (exact) mass is 302 g/mol. The van der Waals surface area contributed by atoms with Gasteiger partial charge in [0.2, 0.25) is 0 Å². The van der Waals surface area contributed by atoms with Crippen molar-refractivity contribution in [3.8, 4) is 0 Å². The van der Waals surface area contributed by atoms with Gasteiger partial charge in [0.05, 0.1) is 0 Å². The van der Waals surface area contributed by atoms with E-state index in [1.807, 2.05) is 0 Å². The topological polar surface area (TPSA) is 24.1 Å². The fourth-order valence-corrected chi connectivity index (χ4v) is 3.23. The zero-order valence-electron chi connectivity index (χ0n) is 15.4. The standard InChI is InChI=1S/2C9H17N.Mg/c2*1-8(2)6-5-7-9(3,4)10-8;/h2*5-6,10H,7H2,1-4H3;. The third-order valence-corrected chi connectivity index (χ3v) is 3.65. The van der Waals surface area contributed by atoms with Crippen LogP contribution in [0.15, 0.2) is 24.3 Å². The molecular weight excluding hydrogens is 269 g/mol. The van der Waals surface area contributed by atoms with Crippen LogP contribution >= 0.6 is 0 Å². The van der Waals surface area contributed by atoms with Crippen molar-refractivity contribution in [3.05, 3.63) is 24.3 Å². The van der Waals surface area contributed by atoms with Gasteiger partial charge in [0.25, 0.3) is 0 Å². The molecule has 2 rings (SSSR count). The minimum absolute atomic E-state index is 0. The van der Waals surface area contributed by atoms with Crippen molar-refractivity contribution >= 4 is 23.1 Å². The predicted octanol–water partition coefficient (Wildman–Crippen LogP) is 3.81. The van der Waals surface area contributed by atoms with E-state index >= 15 is 0 Å². The summed E-state index contributed by atoms with van der Waals surface area (Å²) < 4.78 is 0. The van der Waals surface area contributed by atoms with Gasteiger partial charge >= 0.3 is 0 Å². The van der Waals surface area contributed by atoms with Gasteiger partial charge in [0, 0.05) is 45.2 Å². The Kier molecular flexibility index (Phi) is 7.22. The lowest BCUT2D eigenvalue weighted by molar-refractivity contribution is 0.291. The van der Waals surface area contributed by atoms with E-state index in [1.54, 1.807) is 0 Å². The van der Waals surface area contributed by atoms with Gasteiger partial charge in [0.1, 0.15) is 0 Å². The minimum atomic E-state index is 0. The highest BCUT2D eigenvalue weighted by Gasteiger charge is 2.28. The first kappa shape index (κ1) is 21.2. The Morgan fingerprint density at radius 2 is 0.905 bits per heavy atom. The molecule has 2 heterocycles. The Morgan fingerprint density at radius 3 is 1.05 bits per heavy atom. The third-order valence-electron chi connectivity index (χ3n) is 3.65. The second-order valence-corrected chi connectivity index (χ2v) is 8.67. The average molecular weight is 303 g/mol. The van der Waals surface area contributed by atoms with Crippen LogP contribution in [0.4, 0.5) is 0 Å². The van der Waals surface area contributed by atoms with Crippen molar-refractivity contribution in [2.75, 3.05) is 0 Å². The molecule has 2 aliphatic heterocycles. The fraction of sp³-hybridized carbons (Fsp3) is 0.778. The highest BCUT2D eigenvalue weighted by atomic mass is 24.3. The zero-order valence-corrected chi connectivity index (χ0v) is 16.8. The van der Waals surface area contributed by atoms with Gasteiger partial charge in [-0.15, -0.1) is 0 Å². The summed E-state index contributed by atoms with van der Waals surface area (Å²) in [5.41, 5.74) is 0.917. The van der Waals surface area contributed by atoms with Crippen molar-refractivity contribution in [1.29, 1.82) is 0 Å². The Hall–Kier alpha value is 0.166. The SMILES string of the molecule is CC1(C)C=CCC(C)(C)N1.CC1(C)C=CCC(C)(C)N1.[Mg]. The molecule has 2 radical (unpaired) electrons. The first-order chi connectivity index (χ1) is 8.83. The molecule has 0 amide bonds. The number of hydrogen-bond acceptors (Lipinski definition) is 2. The molecule has 21 heavy (non-hydrogen) atoms. The maximum atomic E-state index is 3.55. The molecule has 0 bridgehead atoms. The van der Waals surface area contributed by atoms with E-state index in [0.29, 0.717) is 0 Å². The molecule has 0 aromatic heterocycles. The van der Waals surface area contributed by atoms with Crippen LogP contribution < -0.4 is 10.6 Å². The van der Waals surface area contributed by atoms with Crippen LogP contribution in [0.5, 0.6) is 0 Å². The predicted molar refractivity (Wildman–Crippen MR) is 95.9 cm³/mol. The fourth-order valence-electron chi connectivity index (χ4n) is 3.23.